The van der Waals surface area contributed by atoms with E-state index in [1.165, 1.54) is 0 Å². The SMILES string of the molecule is OCCN1CCNCC1CC(O)O. The Morgan fingerprint density at radius 3 is 2.85 bits per heavy atom. The number of aliphatic hydroxyl groups excluding tert-OH is 2. The van der Waals surface area contributed by atoms with E-state index in [0.717, 1.165) is 19.6 Å². The summed E-state index contributed by atoms with van der Waals surface area (Å²) in [7, 11) is 0. The Morgan fingerprint density at radius 1 is 1.46 bits per heavy atom. The van der Waals surface area contributed by atoms with Crippen molar-refractivity contribution in [3.8, 4) is 0 Å². The Morgan fingerprint density at radius 2 is 2.23 bits per heavy atom. The second-order valence-electron chi connectivity index (χ2n) is 3.33. The Balaban J connectivity index is 2.36. The maximum absolute atomic E-state index is 8.83. The third-order valence-electron chi connectivity index (χ3n) is 2.34. The van der Waals surface area contributed by atoms with Gasteiger partial charge in [0.05, 0.1) is 6.61 Å². The molecule has 1 heterocycles. The topological polar surface area (TPSA) is 76.0 Å². The molecule has 78 valence electrons. The molecule has 0 saturated carbocycles. The average molecular weight is 190 g/mol. The second-order valence-corrected chi connectivity index (χ2v) is 3.33. The van der Waals surface area contributed by atoms with Gasteiger partial charge in [0.25, 0.3) is 0 Å². The highest BCUT2D eigenvalue weighted by molar-refractivity contribution is 4.79. The number of piperazine rings is 1. The lowest BCUT2D eigenvalue weighted by molar-refractivity contribution is -0.0652. The molecule has 1 atom stereocenters. The van der Waals surface area contributed by atoms with Crippen LogP contribution in [-0.2, 0) is 0 Å². The summed E-state index contributed by atoms with van der Waals surface area (Å²) in [5.41, 5.74) is 0. The van der Waals surface area contributed by atoms with Gasteiger partial charge in [-0.1, -0.05) is 0 Å². The van der Waals surface area contributed by atoms with Crippen LogP contribution in [0.1, 0.15) is 6.42 Å². The van der Waals surface area contributed by atoms with E-state index in [9.17, 15) is 0 Å². The van der Waals surface area contributed by atoms with E-state index in [1.54, 1.807) is 0 Å². The molecule has 1 aliphatic heterocycles. The molecule has 1 unspecified atom stereocenters. The molecule has 13 heavy (non-hydrogen) atoms. The number of β-amino-alcohol motifs (C(OH)–C–C–N with tert-alkyl or cyclic N) is 1. The first-order chi connectivity index (χ1) is 6.24. The fourth-order valence-electron chi connectivity index (χ4n) is 1.70. The van der Waals surface area contributed by atoms with Crippen molar-refractivity contribution in [2.24, 2.45) is 0 Å². The van der Waals surface area contributed by atoms with Crippen LogP contribution in [0.5, 0.6) is 0 Å². The number of nitrogens with zero attached hydrogens (tertiary/aromatic N) is 1. The van der Waals surface area contributed by atoms with Crippen molar-refractivity contribution in [3.05, 3.63) is 0 Å². The molecule has 5 nitrogen and oxygen atoms in total. The summed E-state index contributed by atoms with van der Waals surface area (Å²) >= 11 is 0. The summed E-state index contributed by atoms with van der Waals surface area (Å²) in [5, 5.41) is 29.6. The molecule has 0 aromatic rings. The molecule has 4 N–H and O–H groups in total. The number of hydrogen-bond acceptors (Lipinski definition) is 5. The van der Waals surface area contributed by atoms with Crippen LogP contribution in [0, 0.1) is 0 Å². The lowest BCUT2D eigenvalue weighted by Gasteiger charge is -2.36. The molecule has 0 aromatic heterocycles. The Kier molecular flexibility index (Phi) is 4.61. The zero-order valence-electron chi connectivity index (χ0n) is 7.69. The summed E-state index contributed by atoms with van der Waals surface area (Å²) in [6, 6.07) is 0.126. The normalized spacial score (nSPS) is 25.4. The highest BCUT2D eigenvalue weighted by atomic mass is 16.5. The van der Waals surface area contributed by atoms with Crippen LogP contribution >= 0.6 is 0 Å². The summed E-state index contributed by atoms with van der Waals surface area (Å²) in [5.74, 6) is 0. The molecular weight excluding hydrogens is 172 g/mol. The fourth-order valence-corrected chi connectivity index (χ4v) is 1.70. The Bertz CT molecular complexity index is 141. The zero-order chi connectivity index (χ0) is 9.68. The minimum atomic E-state index is -1.26. The summed E-state index contributed by atoms with van der Waals surface area (Å²) in [6.07, 6.45) is -0.918. The zero-order valence-corrected chi connectivity index (χ0v) is 7.69. The molecule has 0 radical (unpaired) electrons. The van der Waals surface area contributed by atoms with Crippen molar-refractivity contribution in [1.82, 2.24) is 10.2 Å². The first-order valence-electron chi connectivity index (χ1n) is 4.66. The van der Waals surface area contributed by atoms with E-state index >= 15 is 0 Å². The average Bonchev–Trinajstić information content (AvgIpc) is 2.08. The van der Waals surface area contributed by atoms with E-state index in [4.69, 9.17) is 15.3 Å². The standard InChI is InChI=1S/C8H18N2O3/c11-4-3-10-2-1-9-6-7(10)5-8(12)13/h7-9,11-13H,1-6H2. The van der Waals surface area contributed by atoms with E-state index in [2.05, 4.69) is 10.2 Å². The third-order valence-corrected chi connectivity index (χ3v) is 2.34. The molecule has 1 fully saturated rings. The predicted octanol–water partition coefficient (Wildman–Crippen LogP) is -2.05. The molecule has 0 aromatic carbocycles. The van der Waals surface area contributed by atoms with Gasteiger partial charge in [0.1, 0.15) is 0 Å². The number of rotatable bonds is 4. The van der Waals surface area contributed by atoms with E-state index in [-0.39, 0.29) is 12.6 Å². The van der Waals surface area contributed by atoms with Crippen molar-refractivity contribution in [2.45, 2.75) is 18.8 Å². The van der Waals surface area contributed by atoms with Crippen molar-refractivity contribution in [3.63, 3.8) is 0 Å². The van der Waals surface area contributed by atoms with Gasteiger partial charge in [-0.3, -0.25) is 4.90 Å². The molecule has 1 saturated heterocycles. The highest BCUT2D eigenvalue weighted by Gasteiger charge is 2.23. The predicted molar refractivity (Wildman–Crippen MR) is 48.2 cm³/mol. The molecule has 1 rings (SSSR count). The van der Waals surface area contributed by atoms with Gasteiger partial charge in [0, 0.05) is 38.6 Å². The fraction of sp³-hybridized carbons (Fsp3) is 1.00. The van der Waals surface area contributed by atoms with Gasteiger partial charge in [-0.2, -0.15) is 0 Å². The van der Waals surface area contributed by atoms with Crippen LogP contribution in [0.25, 0.3) is 0 Å². The first kappa shape index (κ1) is 10.9. The van der Waals surface area contributed by atoms with E-state index in [0.29, 0.717) is 13.0 Å². The van der Waals surface area contributed by atoms with Gasteiger partial charge >= 0.3 is 0 Å². The number of hydrogen-bond donors (Lipinski definition) is 4. The molecule has 0 spiro atoms. The number of nitrogens with one attached hydrogen (secondary N) is 1. The highest BCUT2D eigenvalue weighted by Crippen LogP contribution is 2.08. The van der Waals surface area contributed by atoms with Crippen LogP contribution in [0.4, 0.5) is 0 Å². The summed E-state index contributed by atoms with van der Waals surface area (Å²) < 4.78 is 0. The quantitative estimate of drug-likeness (QED) is 0.384. The minimum absolute atomic E-state index is 0.123. The lowest BCUT2D eigenvalue weighted by atomic mass is 10.1. The van der Waals surface area contributed by atoms with E-state index < -0.39 is 6.29 Å². The van der Waals surface area contributed by atoms with Crippen LogP contribution in [0.3, 0.4) is 0 Å². The summed E-state index contributed by atoms with van der Waals surface area (Å²) in [4.78, 5) is 2.08. The van der Waals surface area contributed by atoms with E-state index in [1.807, 2.05) is 0 Å². The molecule has 0 aliphatic carbocycles. The maximum Gasteiger partial charge on any atom is 0.152 e. The van der Waals surface area contributed by atoms with Gasteiger partial charge in [-0.25, -0.2) is 0 Å². The smallest absolute Gasteiger partial charge is 0.152 e. The van der Waals surface area contributed by atoms with Crippen molar-refractivity contribution in [1.29, 1.82) is 0 Å². The van der Waals surface area contributed by atoms with Gasteiger partial charge in [-0.05, 0) is 0 Å². The number of aliphatic hydroxyl groups is 3. The molecule has 5 heteroatoms. The molecule has 1 aliphatic rings. The first-order valence-corrected chi connectivity index (χ1v) is 4.66. The Labute approximate surface area is 78.0 Å². The van der Waals surface area contributed by atoms with Crippen LogP contribution in [-0.4, -0.2) is 65.3 Å². The molecule has 0 bridgehead atoms. The second kappa shape index (κ2) is 5.51. The maximum atomic E-state index is 8.83. The van der Waals surface area contributed by atoms with Crippen molar-refractivity contribution in [2.75, 3.05) is 32.8 Å². The van der Waals surface area contributed by atoms with Crippen LogP contribution < -0.4 is 5.32 Å². The summed E-state index contributed by atoms with van der Waals surface area (Å²) in [6.45, 7) is 3.25. The van der Waals surface area contributed by atoms with Gasteiger partial charge in [0.2, 0.25) is 0 Å². The molecular formula is C8H18N2O3. The largest absolute Gasteiger partial charge is 0.395 e. The van der Waals surface area contributed by atoms with Crippen LogP contribution in [0.15, 0.2) is 0 Å². The van der Waals surface area contributed by atoms with Crippen molar-refractivity contribution >= 4 is 0 Å². The van der Waals surface area contributed by atoms with Crippen LogP contribution in [0.2, 0.25) is 0 Å². The third kappa shape index (κ3) is 3.58. The lowest BCUT2D eigenvalue weighted by Crippen LogP contribution is -2.53. The van der Waals surface area contributed by atoms with Gasteiger partial charge in [0.15, 0.2) is 6.29 Å². The molecule has 0 amide bonds. The van der Waals surface area contributed by atoms with Gasteiger partial charge < -0.3 is 20.6 Å². The Hall–Kier alpha value is -0.200. The van der Waals surface area contributed by atoms with Crippen molar-refractivity contribution < 1.29 is 15.3 Å². The minimum Gasteiger partial charge on any atom is -0.395 e. The van der Waals surface area contributed by atoms with Gasteiger partial charge in [-0.15, -0.1) is 0 Å². The monoisotopic (exact) mass is 190 g/mol.